The summed E-state index contributed by atoms with van der Waals surface area (Å²) in [6.07, 6.45) is -0.311. The molecule has 0 spiro atoms. The number of hydrogen-bond acceptors (Lipinski definition) is 2. The largest absolute Gasteiger partial charge is 0.299 e. The smallest absolute Gasteiger partial charge is 0.249 e. The molecular formula is C7H9Cl3O2. The zero-order chi connectivity index (χ0) is 9.94. The van der Waals surface area contributed by atoms with E-state index in [0.29, 0.717) is 0 Å². The van der Waals surface area contributed by atoms with Crippen LogP contribution in [0.3, 0.4) is 0 Å². The molecular weight excluding hydrogens is 222 g/mol. The van der Waals surface area contributed by atoms with Gasteiger partial charge in [0.2, 0.25) is 3.79 Å². The Hall–Kier alpha value is 0.210. The number of halogens is 3. The van der Waals surface area contributed by atoms with Crippen molar-refractivity contribution in [1.29, 1.82) is 0 Å². The van der Waals surface area contributed by atoms with Crippen LogP contribution in [-0.4, -0.2) is 15.4 Å². The van der Waals surface area contributed by atoms with Crippen LogP contribution in [0.2, 0.25) is 0 Å². The first kappa shape index (κ1) is 12.2. The molecule has 0 heterocycles. The first-order valence-electron chi connectivity index (χ1n) is 3.38. The van der Waals surface area contributed by atoms with Crippen LogP contribution in [0.5, 0.6) is 0 Å². The number of Topliss-reactive ketones (excluding diaryl/α,β-unsaturated/α-hetero) is 2. The molecule has 2 nitrogen and oxygen atoms in total. The van der Waals surface area contributed by atoms with Crippen molar-refractivity contribution in [2.45, 2.75) is 24.1 Å². The molecule has 0 aliphatic heterocycles. The number of alkyl halides is 3. The number of carbonyl (C=O) groups is 2. The molecule has 12 heavy (non-hydrogen) atoms. The summed E-state index contributed by atoms with van der Waals surface area (Å²) >= 11 is 15.8. The second-order valence-corrected chi connectivity index (χ2v) is 5.00. The summed E-state index contributed by atoms with van der Waals surface area (Å²) in [5.41, 5.74) is 0. The number of hydrogen-bond donors (Lipinski definition) is 0. The lowest BCUT2D eigenvalue weighted by Gasteiger charge is -2.09. The van der Waals surface area contributed by atoms with Crippen LogP contribution in [0.15, 0.2) is 0 Å². The van der Waals surface area contributed by atoms with Gasteiger partial charge in [-0.3, -0.25) is 9.59 Å². The molecule has 0 amide bonds. The summed E-state index contributed by atoms with van der Waals surface area (Å²) < 4.78 is -1.97. The maximum atomic E-state index is 11.0. The molecule has 0 saturated carbocycles. The van der Waals surface area contributed by atoms with Gasteiger partial charge in [0.1, 0.15) is 5.78 Å². The molecule has 0 saturated heterocycles. The molecule has 0 aromatic rings. The molecule has 5 heteroatoms. The van der Waals surface area contributed by atoms with Gasteiger partial charge in [-0.15, -0.1) is 0 Å². The fraction of sp³-hybridized carbons (Fsp3) is 0.714. The van der Waals surface area contributed by atoms with E-state index in [2.05, 4.69) is 0 Å². The summed E-state index contributed by atoms with van der Waals surface area (Å²) in [5.74, 6) is -1.10. The average Bonchev–Trinajstić information content (AvgIpc) is 1.85. The van der Waals surface area contributed by atoms with Gasteiger partial charge in [0.15, 0.2) is 5.78 Å². The van der Waals surface area contributed by atoms with Crippen molar-refractivity contribution < 1.29 is 9.59 Å². The Labute approximate surface area is 86.2 Å². The molecule has 0 aliphatic carbocycles. The van der Waals surface area contributed by atoms with Crippen LogP contribution >= 0.6 is 34.8 Å². The van der Waals surface area contributed by atoms with Crippen molar-refractivity contribution >= 4 is 46.4 Å². The van der Waals surface area contributed by atoms with E-state index in [1.165, 1.54) is 0 Å². The fourth-order valence-corrected chi connectivity index (χ4v) is 0.663. The monoisotopic (exact) mass is 230 g/mol. The van der Waals surface area contributed by atoms with Crippen LogP contribution in [0.1, 0.15) is 20.3 Å². The van der Waals surface area contributed by atoms with Gasteiger partial charge in [0.05, 0.1) is 6.42 Å². The van der Waals surface area contributed by atoms with E-state index in [-0.39, 0.29) is 18.1 Å². The summed E-state index contributed by atoms with van der Waals surface area (Å²) in [6, 6.07) is 0. The number of ketones is 2. The Balaban J connectivity index is 4.12. The van der Waals surface area contributed by atoms with Gasteiger partial charge in [-0.2, -0.15) is 0 Å². The van der Waals surface area contributed by atoms with E-state index < -0.39 is 9.58 Å². The molecule has 0 fully saturated rings. The van der Waals surface area contributed by atoms with Crippen LogP contribution in [0.25, 0.3) is 0 Å². The number of rotatable bonds is 3. The predicted octanol–water partition coefficient (Wildman–Crippen LogP) is 2.54. The SMILES string of the molecule is CC(C)C(=O)CC(=O)C(Cl)(Cl)Cl. The topological polar surface area (TPSA) is 34.1 Å². The molecule has 70 valence electrons. The molecule has 0 aromatic carbocycles. The fourth-order valence-electron chi connectivity index (χ4n) is 0.463. The van der Waals surface area contributed by atoms with Crippen LogP contribution in [0, 0.1) is 5.92 Å². The summed E-state index contributed by atoms with van der Waals surface area (Å²) in [5, 5.41) is 0. The number of carbonyl (C=O) groups excluding carboxylic acids is 2. The average molecular weight is 232 g/mol. The normalized spacial score (nSPS) is 11.8. The minimum atomic E-state index is -1.97. The zero-order valence-electron chi connectivity index (χ0n) is 6.73. The predicted molar refractivity (Wildman–Crippen MR) is 49.8 cm³/mol. The van der Waals surface area contributed by atoms with Crippen molar-refractivity contribution in [2.24, 2.45) is 5.92 Å². The van der Waals surface area contributed by atoms with Gasteiger partial charge in [-0.25, -0.2) is 0 Å². The van der Waals surface area contributed by atoms with E-state index in [1.54, 1.807) is 13.8 Å². The quantitative estimate of drug-likeness (QED) is 0.552. The molecule has 0 unspecified atom stereocenters. The molecule has 0 bridgehead atoms. The molecule has 0 atom stereocenters. The standard InChI is InChI=1S/C7H9Cl3O2/c1-4(2)5(11)3-6(12)7(8,9)10/h4H,3H2,1-2H3. The highest BCUT2D eigenvalue weighted by Crippen LogP contribution is 2.28. The van der Waals surface area contributed by atoms with E-state index in [9.17, 15) is 9.59 Å². The van der Waals surface area contributed by atoms with Crippen molar-refractivity contribution in [1.82, 2.24) is 0 Å². The zero-order valence-corrected chi connectivity index (χ0v) is 9.00. The van der Waals surface area contributed by atoms with Crippen LogP contribution in [0.4, 0.5) is 0 Å². The lowest BCUT2D eigenvalue weighted by Crippen LogP contribution is -2.23. The molecule has 0 aromatic heterocycles. The molecule has 0 N–H and O–H groups in total. The molecule has 0 radical (unpaired) electrons. The second kappa shape index (κ2) is 4.45. The van der Waals surface area contributed by atoms with Gasteiger partial charge in [-0.05, 0) is 0 Å². The Morgan fingerprint density at radius 2 is 1.67 bits per heavy atom. The Morgan fingerprint density at radius 1 is 1.25 bits per heavy atom. The van der Waals surface area contributed by atoms with Crippen LogP contribution < -0.4 is 0 Å². The summed E-state index contributed by atoms with van der Waals surface area (Å²) in [4.78, 5) is 22.0. The third-order valence-corrected chi connectivity index (χ3v) is 1.93. The first-order valence-corrected chi connectivity index (χ1v) is 4.51. The first-order chi connectivity index (χ1) is 5.25. The van der Waals surface area contributed by atoms with Gasteiger partial charge in [0, 0.05) is 5.92 Å². The third-order valence-electron chi connectivity index (χ3n) is 1.29. The van der Waals surface area contributed by atoms with Gasteiger partial charge in [0.25, 0.3) is 0 Å². The lowest BCUT2D eigenvalue weighted by atomic mass is 10.0. The Bertz CT molecular complexity index is 193. The van der Waals surface area contributed by atoms with Crippen LogP contribution in [-0.2, 0) is 9.59 Å². The minimum absolute atomic E-state index is 0.207. The highest BCUT2D eigenvalue weighted by Gasteiger charge is 2.32. The van der Waals surface area contributed by atoms with Crippen molar-refractivity contribution in [2.75, 3.05) is 0 Å². The Kier molecular flexibility index (Phi) is 4.53. The molecule has 0 rings (SSSR count). The van der Waals surface area contributed by atoms with Gasteiger partial charge in [-0.1, -0.05) is 48.7 Å². The highest BCUT2D eigenvalue weighted by molar-refractivity contribution is 6.76. The lowest BCUT2D eigenvalue weighted by molar-refractivity contribution is -0.128. The minimum Gasteiger partial charge on any atom is -0.299 e. The van der Waals surface area contributed by atoms with Crippen molar-refractivity contribution in [3.8, 4) is 0 Å². The second-order valence-electron chi connectivity index (χ2n) is 2.72. The van der Waals surface area contributed by atoms with Crippen molar-refractivity contribution in [3.63, 3.8) is 0 Å². The van der Waals surface area contributed by atoms with Gasteiger partial charge < -0.3 is 0 Å². The maximum Gasteiger partial charge on any atom is 0.249 e. The maximum absolute atomic E-state index is 11.0. The highest BCUT2D eigenvalue weighted by atomic mass is 35.6. The van der Waals surface area contributed by atoms with E-state index >= 15 is 0 Å². The third kappa shape index (κ3) is 4.29. The van der Waals surface area contributed by atoms with E-state index in [4.69, 9.17) is 34.8 Å². The van der Waals surface area contributed by atoms with E-state index in [0.717, 1.165) is 0 Å². The Morgan fingerprint density at radius 3 is 1.92 bits per heavy atom. The summed E-state index contributed by atoms with van der Waals surface area (Å²) in [7, 11) is 0. The van der Waals surface area contributed by atoms with Crippen molar-refractivity contribution in [3.05, 3.63) is 0 Å². The summed E-state index contributed by atoms with van der Waals surface area (Å²) in [6.45, 7) is 3.38. The van der Waals surface area contributed by atoms with E-state index in [1.807, 2.05) is 0 Å². The molecule has 0 aliphatic rings. The van der Waals surface area contributed by atoms with Gasteiger partial charge >= 0.3 is 0 Å².